The highest BCUT2D eigenvalue weighted by Crippen LogP contribution is 2.20. The van der Waals surface area contributed by atoms with Crippen LogP contribution in [0.4, 0.5) is 0 Å². The number of aliphatic hydroxyl groups excluding tert-OH is 2. The van der Waals surface area contributed by atoms with E-state index in [-0.39, 0.29) is 18.6 Å². The molecule has 150 valence electrons. The highest BCUT2D eigenvalue weighted by atomic mass is 35.5. The van der Waals surface area contributed by atoms with Gasteiger partial charge in [-0.1, -0.05) is 11.6 Å². The van der Waals surface area contributed by atoms with Crippen LogP contribution in [0.5, 0.6) is 0 Å². The second-order valence-corrected chi connectivity index (χ2v) is 7.19. The van der Waals surface area contributed by atoms with Crippen LogP contribution < -0.4 is 5.32 Å². The average Bonchev–Trinajstić information content (AvgIpc) is 2.94. The predicted molar refractivity (Wildman–Crippen MR) is 104 cm³/mol. The number of hydrogen-bond acceptors (Lipinski definition) is 5. The fraction of sp³-hybridized carbons (Fsp3) is 0.350. The molecular weight excluding hydrogens is 384 g/mol. The Hall–Kier alpha value is -2.48. The van der Waals surface area contributed by atoms with Crippen molar-refractivity contribution >= 4 is 29.6 Å². The Bertz CT molecular complexity index is 869. The molecule has 0 atom stereocenters. The molecule has 1 aromatic carbocycles. The number of carbonyl (C=O) groups excluding carboxylic acids is 3. The maximum absolute atomic E-state index is 12.8. The molecule has 8 heteroatoms. The van der Waals surface area contributed by atoms with Crippen LogP contribution in [0.15, 0.2) is 30.3 Å². The van der Waals surface area contributed by atoms with Gasteiger partial charge in [-0.2, -0.15) is 0 Å². The van der Waals surface area contributed by atoms with Gasteiger partial charge in [-0.3, -0.25) is 9.59 Å². The van der Waals surface area contributed by atoms with Gasteiger partial charge in [-0.05, 0) is 42.8 Å². The fourth-order valence-corrected chi connectivity index (χ4v) is 3.16. The van der Waals surface area contributed by atoms with E-state index in [2.05, 4.69) is 5.32 Å². The van der Waals surface area contributed by atoms with E-state index in [1.807, 2.05) is 0 Å². The number of aliphatic hydroxyl groups is 2. The number of aromatic nitrogens is 1. The first-order valence-corrected chi connectivity index (χ1v) is 9.06. The minimum Gasteiger partial charge on any atom is -0.394 e. The second kappa shape index (κ2) is 9.14. The van der Waals surface area contributed by atoms with Crippen LogP contribution in [0.3, 0.4) is 0 Å². The van der Waals surface area contributed by atoms with Gasteiger partial charge in [-0.25, -0.2) is 0 Å². The number of nitrogens with zero attached hydrogens (tertiary/aromatic N) is 1. The summed E-state index contributed by atoms with van der Waals surface area (Å²) in [5, 5.41) is 22.0. The molecule has 1 heterocycles. The van der Waals surface area contributed by atoms with Crippen LogP contribution in [0.1, 0.15) is 33.7 Å². The normalized spacial score (nSPS) is 11.3. The van der Waals surface area contributed by atoms with Crippen LogP contribution in [0.2, 0.25) is 5.02 Å². The van der Waals surface area contributed by atoms with Crippen molar-refractivity contribution < 1.29 is 24.6 Å². The topological polar surface area (TPSA) is 109 Å². The molecule has 1 aromatic heterocycles. The minimum absolute atomic E-state index is 0.0775. The van der Waals surface area contributed by atoms with E-state index >= 15 is 0 Å². The number of carbonyl (C=O) groups is 3. The van der Waals surface area contributed by atoms with Gasteiger partial charge in [0.25, 0.3) is 0 Å². The Morgan fingerprint density at radius 3 is 2.36 bits per heavy atom. The first-order valence-electron chi connectivity index (χ1n) is 8.68. The molecule has 0 aliphatic rings. The van der Waals surface area contributed by atoms with Crippen molar-refractivity contribution in [3.05, 3.63) is 57.9 Å². The van der Waals surface area contributed by atoms with E-state index in [1.54, 1.807) is 48.9 Å². The van der Waals surface area contributed by atoms with Crippen molar-refractivity contribution in [2.75, 3.05) is 13.2 Å². The summed E-state index contributed by atoms with van der Waals surface area (Å²) in [4.78, 5) is 36.0. The Kier molecular flexibility index (Phi) is 7.12. The van der Waals surface area contributed by atoms with E-state index in [0.29, 0.717) is 33.8 Å². The third kappa shape index (κ3) is 4.67. The predicted octanol–water partition coefficient (Wildman–Crippen LogP) is 1.19. The van der Waals surface area contributed by atoms with Gasteiger partial charge < -0.3 is 24.9 Å². The number of aldehydes is 1. The number of amides is 1. The Labute approximate surface area is 167 Å². The zero-order chi connectivity index (χ0) is 20.9. The summed E-state index contributed by atoms with van der Waals surface area (Å²) in [6, 6.07) is 8.29. The quantitative estimate of drug-likeness (QED) is 0.428. The molecule has 28 heavy (non-hydrogen) atoms. The smallest absolute Gasteiger partial charge is 0.226 e. The van der Waals surface area contributed by atoms with Crippen molar-refractivity contribution in [3.63, 3.8) is 0 Å². The Morgan fingerprint density at radius 2 is 1.82 bits per heavy atom. The van der Waals surface area contributed by atoms with Crippen molar-refractivity contribution in [1.29, 1.82) is 0 Å². The molecule has 2 rings (SSSR count). The van der Waals surface area contributed by atoms with Gasteiger partial charge in [0.05, 0.1) is 30.9 Å². The zero-order valence-electron chi connectivity index (χ0n) is 15.7. The molecule has 0 aliphatic carbocycles. The lowest BCUT2D eigenvalue weighted by molar-refractivity contribution is -0.124. The van der Waals surface area contributed by atoms with Gasteiger partial charge in [0.2, 0.25) is 11.7 Å². The molecule has 0 spiro atoms. The number of aryl methyl sites for hydroxylation is 1. The lowest BCUT2D eigenvalue weighted by Crippen LogP contribution is -2.55. The van der Waals surface area contributed by atoms with Gasteiger partial charge >= 0.3 is 0 Å². The summed E-state index contributed by atoms with van der Waals surface area (Å²) in [6.07, 6.45) is 0.242. The van der Waals surface area contributed by atoms with Gasteiger partial charge in [0.15, 0.2) is 0 Å². The monoisotopic (exact) mass is 406 g/mol. The largest absolute Gasteiger partial charge is 0.394 e. The number of halogens is 1. The zero-order valence-corrected chi connectivity index (χ0v) is 16.5. The van der Waals surface area contributed by atoms with E-state index in [9.17, 15) is 24.6 Å². The van der Waals surface area contributed by atoms with Crippen molar-refractivity contribution in [1.82, 2.24) is 9.88 Å². The molecule has 0 radical (unpaired) electrons. The number of hydrogen-bond donors (Lipinski definition) is 3. The van der Waals surface area contributed by atoms with Crippen LogP contribution in [0, 0.1) is 6.92 Å². The molecule has 0 unspecified atom stereocenters. The van der Waals surface area contributed by atoms with Crippen LogP contribution in [-0.4, -0.2) is 51.5 Å². The molecule has 2 aromatic rings. The summed E-state index contributed by atoms with van der Waals surface area (Å²) >= 11 is 5.87. The summed E-state index contributed by atoms with van der Waals surface area (Å²) in [7, 11) is 1.69. The van der Waals surface area contributed by atoms with Crippen molar-refractivity contribution in [2.45, 2.75) is 25.3 Å². The highest BCUT2D eigenvalue weighted by Gasteiger charge is 2.30. The number of rotatable bonds is 9. The van der Waals surface area contributed by atoms with Crippen LogP contribution in [0.25, 0.3) is 0 Å². The molecule has 0 aliphatic heterocycles. The third-order valence-electron chi connectivity index (χ3n) is 4.67. The Balaban J connectivity index is 2.23. The van der Waals surface area contributed by atoms with Crippen molar-refractivity contribution in [2.24, 2.45) is 7.05 Å². The van der Waals surface area contributed by atoms with Crippen molar-refractivity contribution in [3.8, 4) is 0 Å². The van der Waals surface area contributed by atoms with Gasteiger partial charge in [0, 0.05) is 29.7 Å². The molecule has 0 saturated heterocycles. The fourth-order valence-electron chi connectivity index (χ4n) is 3.04. The minimum atomic E-state index is -1.40. The molecular formula is C20H23ClN2O5. The number of benzene rings is 1. The first kappa shape index (κ1) is 21.8. The van der Waals surface area contributed by atoms with E-state index in [0.717, 1.165) is 0 Å². The summed E-state index contributed by atoms with van der Waals surface area (Å²) in [6.45, 7) is 0.642. The van der Waals surface area contributed by atoms with Gasteiger partial charge in [0.1, 0.15) is 6.29 Å². The molecule has 7 nitrogen and oxygen atoms in total. The Morgan fingerprint density at radius 1 is 1.21 bits per heavy atom. The van der Waals surface area contributed by atoms with Gasteiger partial charge in [-0.15, -0.1) is 0 Å². The lowest BCUT2D eigenvalue weighted by atomic mass is 9.98. The maximum atomic E-state index is 12.8. The first-order chi connectivity index (χ1) is 13.3. The molecule has 1 amide bonds. The summed E-state index contributed by atoms with van der Waals surface area (Å²) in [5.41, 5.74) is 0.835. The van der Waals surface area contributed by atoms with E-state index in [1.165, 1.54) is 0 Å². The SMILES string of the molecule is Cc1cc(CC(=O)NC(CO)(CO)CC=O)n(C)c1C(=O)c1ccc(Cl)cc1. The van der Waals surface area contributed by atoms with Crippen LogP contribution >= 0.6 is 11.6 Å². The van der Waals surface area contributed by atoms with E-state index < -0.39 is 24.7 Å². The average molecular weight is 407 g/mol. The highest BCUT2D eigenvalue weighted by molar-refractivity contribution is 6.30. The standard InChI is InChI=1S/C20H23ClN2O5/c1-13-9-16(10-17(27)22-20(11-25,12-26)7-8-24)23(2)18(13)19(28)14-3-5-15(21)6-4-14/h3-6,8-9,25-26H,7,10-12H2,1-2H3,(H,22,27). The summed E-state index contributed by atoms with van der Waals surface area (Å²) in [5.74, 6) is -0.666. The van der Waals surface area contributed by atoms with Crippen LogP contribution in [-0.2, 0) is 23.1 Å². The number of nitrogens with one attached hydrogen (secondary N) is 1. The molecule has 0 fully saturated rings. The lowest BCUT2D eigenvalue weighted by Gasteiger charge is -2.29. The summed E-state index contributed by atoms with van der Waals surface area (Å²) < 4.78 is 1.64. The number of ketones is 1. The van der Waals surface area contributed by atoms with E-state index in [4.69, 9.17) is 11.6 Å². The third-order valence-corrected chi connectivity index (χ3v) is 4.92. The maximum Gasteiger partial charge on any atom is 0.226 e. The second-order valence-electron chi connectivity index (χ2n) is 6.75. The molecule has 0 saturated carbocycles. The molecule has 0 bridgehead atoms. The molecule has 3 N–H and O–H groups in total.